The maximum Gasteiger partial charge on any atom is 0.307 e. The molecule has 0 unspecified atom stereocenters. The Balaban J connectivity index is 0.000000256. The van der Waals surface area contributed by atoms with E-state index < -0.39 is 40.9 Å². The minimum atomic E-state index is -4.20. The monoisotopic (exact) mass is 1290 g/mol. The summed E-state index contributed by atoms with van der Waals surface area (Å²) in [5.41, 5.74) is 8.63. The van der Waals surface area contributed by atoms with Gasteiger partial charge in [0.2, 0.25) is 0 Å². The molecule has 8 rings (SSSR count). The molecule has 0 radical (unpaired) electrons. The average Bonchev–Trinajstić information content (AvgIpc) is 0.757. The van der Waals surface area contributed by atoms with Crippen molar-refractivity contribution < 1.29 is 24.1 Å². The average molecular weight is 1290 g/mol. The minimum absolute atomic E-state index is 0.0546. The Morgan fingerprint density at radius 3 is 0.378 bits per heavy atom. The van der Waals surface area contributed by atoms with Crippen LogP contribution in [0.4, 0.5) is 0 Å². The Hall–Kier alpha value is -5.72. The predicted octanol–water partition coefficient (Wildman–Crippen LogP) is 23.0. The molecule has 90 heavy (non-hydrogen) atoms. The van der Waals surface area contributed by atoms with Gasteiger partial charge in [-0.15, -0.1) is 0 Å². The third kappa shape index (κ3) is 16.4. The molecule has 8 aromatic rings. The maximum absolute atomic E-state index is 14.4. The van der Waals surface area contributed by atoms with Crippen LogP contribution in [0, 0.1) is 0 Å². The second kappa shape index (κ2) is 25.6. The first-order valence-corrected chi connectivity index (χ1v) is 37.5. The minimum Gasteiger partial charge on any atom is -0.203 e. The van der Waals surface area contributed by atoms with Gasteiger partial charge < -0.3 is 0 Å². The molecule has 0 N–H and O–H groups in total. The van der Waals surface area contributed by atoms with Gasteiger partial charge in [-0.05, 0) is 206 Å². The maximum atomic E-state index is 14.4. The molecule has 0 aliphatic heterocycles. The molecule has 0 aliphatic carbocycles. The lowest BCUT2D eigenvalue weighted by molar-refractivity contribution is 0.505. The van der Waals surface area contributed by atoms with Crippen molar-refractivity contribution in [3.05, 3.63) is 239 Å². The van der Waals surface area contributed by atoms with Gasteiger partial charge in [-0.3, -0.25) is 0 Å². The number of benzene rings is 8. The van der Waals surface area contributed by atoms with Crippen LogP contribution in [-0.2, 0) is 70.8 Å². The second-order valence-corrected chi connectivity index (χ2v) is 41.3. The van der Waals surface area contributed by atoms with Crippen LogP contribution in [0.15, 0.2) is 233 Å². The third-order valence-corrected chi connectivity index (χ3v) is 27.1. The Bertz CT molecular complexity index is 3400. The van der Waals surface area contributed by atoms with Crippen LogP contribution in [0.5, 0.6) is 0 Å². The fraction of sp³-hybridized carbons (Fsp3) is 0.400. The third-order valence-electron chi connectivity index (χ3n) is 16.7. The molecule has 0 amide bonds. The van der Waals surface area contributed by atoms with Crippen LogP contribution in [0.3, 0.4) is 0 Å². The van der Waals surface area contributed by atoms with E-state index in [2.05, 4.69) is 312 Å². The zero-order chi connectivity index (χ0) is 67.3. The topological polar surface area (TPSA) is 86.7 Å². The van der Waals surface area contributed by atoms with E-state index in [1.54, 1.807) is 24.3 Å². The Kier molecular flexibility index (Phi) is 20.4. The molecule has 484 valence electrons. The summed E-state index contributed by atoms with van der Waals surface area (Å²) in [6, 6.07) is 64.3. The van der Waals surface area contributed by atoms with Gasteiger partial charge in [-0.1, -0.05) is 263 Å². The summed E-state index contributed by atoms with van der Waals surface area (Å²) in [4.78, 5) is 5.28. The van der Waals surface area contributed by atoms with Crippen molar-refractivity contribution in [1.29, 1.82) is 0 Å². The first-order valence-electron chi connectivity index (χ1n) is 31.5. The summed E-state index contributed by atoms with van der Waals surface area (Å²) in [5, 5.41) is 0. The highest BCUT2D eigenvalue weighted by molar-refractivity contribution is 8.33. The smallest absolute Gasteiger partial charge is 0.203 e. The molecule has 0 bridgehead atoms. The molecular weight excluding hydrogens is 1190 g/mol. The lowest BCUT2D eigenvalue weighted by atomic mass is 9.87. The van der Waals surface area contributed by atoms with Gasteiger partial charge in [-0.25, -0.2) is 7.26 Å². The zero-order valence-electron chi connectivity index (χ0n) is 58.6. The van der Waals surface area contributed by atoms with Gasteiger partial charge in [-0.2, -0.15) is 16.8 Å². The van der Waals surface area contributed by atoms with Crippen molar-refractivity contribution in [2.75, 3.05) is 0 Å². The van der Waals surface area contributed by atoms with E-state index in [9.17, 15) is 16.8 Å². The van der Waals surface area contributed by atoms with E-state index in [0.29, 0.717) is 0 Å². The van der Waals surface area contributed by atoms with E-state index >= 15 is 0 Å². The predicted molar refractivity (Wildman–Crippen MR) is 382 cm³/mol. The van der Waals surface area contributed by atoms with Gasteiger partial charge in [0.1, 0.15) is 0 Å². The van der Waals surface area contributed by atoms with Crippen molar-refractivity contribution in [3.8, 4) is 0 Å². The molecule has 0 saturated carbocycles. The highest BCUT2D eigenvalue weighted by Gasteiger charge is 2.41. The van der Waals surface area contributed by atoms with E-state index in [-0.39, 0.29) is 53.1 Å². The van der Waals surface area contributed by atoms with Crippen LogP contribution >= 0.6 is 20.6 Å². The normalized spacial score (nSPS) is 14.0. The summed E-state index contributed by atoms with van der Waals surface area (Å²) in [7, 11) is -13.9. The number of rotatable bonds is 12. The van der Waals surface area contributed by atoms with Gasteiger partial charge in [0.05, 0.1) is 9.79 Å². The first-order chi connectivity index (χ1) is 41.1. The molecule has 0 spiro atoms. The molecule has 0 aliphatic rings. The molecule has 10 heteroatoms. The first kappa shape index (κ1) is 71.7. The summed E-state index contributed by atoms with van der Waals surface area (Å²) < 4.78 is 71.1. The highest BCUT2D eigenvalue weighted by atomic mass is 32.3. The van der Waals surface area contributed by atoms with E-state index in [1.165, 1.54) is 33.4 Å². The van der Waals surface area contributed by atoms with Crippen molar-refractivity contribution in [2.24, 2.45) is 0 Å². The summed E-state index contributed by atoms with van der Waals surface area (Å²) in [5.74, 6) is 0. The van der Waals surface area contributed by atoms with E-state index in [0.717, 1.165) is 40.5 Å². The summed E-state index contributed by atoms with van der Waals surface area (Å²) in [6.45, 7) is 52.0. The van der Waals surface area contributed by atoms with Gasteiger partial charge >= 0.3 is 20.2 Å². The highest BCUT2D eigenvalue weighted by Crippen LogP contribution is 2.72. The van der Waals surface area contributed by atoms with Crippen molar-refractivity contribution in [2.45, 2.75) is 249 Å². The van der Waals surface area contributed by atoms with Gasteiger partial charge in [0, 0.05) is 29.4 Å². The van der Waals surface area contributed by atoms with Crippen LogP contribution in [0.25, 0.3) is 0 Å². The molecule has 0 fully saturated rings. The van der Waals surface area contributed by atoms with E-state index in [4.69, 9.17) is 7.26 Å². The summed E-state index contributed by atoms with van der Waals surface area (Å²) >= 11 is 0. The fourth-order valence-corrected chi connectivity index (χ4v) is 20.9. The molecule has 0 atom stereocenters. The van der Waals surface area contributed by atoms with Crippen molar-refractivity contribution in [3.63, 3.8) is 0 Å². The quantitative estimate of drug-likeness (QED) is 0.121. The lowest BCUT2D eigenvalue weighted by Gasteiger charge is -2.40. The summed E-state index contributed by atoms with van der Waals surface area (Å²) in [6.07, 6.45) is 0. The molecule has 0 saturated heterocycles. The molecule has 6 nitrogen and oxygen atoms in total. The van der Waals surface area contributed by atoms with Gasteiger partial charge in [0.15, 0.2) is 0 Å². The molecule has 0 aromatic heterocycles. The lowest BCUT2D eigenvalue weighted by Crippen LogP contribution is -2.17. The van der Waals surface area contributed by atoms with Crippen LogP contribution < -0.4 is 0 Å². The van der Waals surface area contributed by atoms with Crippen LogP contribution in [0.1, 0.15) is 211 Å². The number of hydrogen-bond donors (Lipinski definition) is 0. The standard InChI is InChI=1S/2C40H52O3S2/c2*1-37(2,3)29-13-21-33(22-14-29)44(34-23-15-30(16-24-34)38(4,5)6,35-25-17-31(18-26-35)39(7,8)9)43-45(41,42)36-27-19-32(20-28-36)40(10,11)12/h2*13-28H,1-12H3. The number of hydrogen-bond acceptors (Lipinski definition) is 6. The van der Waals surface area contributed by atoms with Crippen LogP contribution in [-0.4, -0.2) is 16.8 Å². The zero-order valence-corrected chi connectivity index (χ0v) is 61.8. The fourth-order valence-electron chi connectivity index (χ4n) is 10.5. The Labute approximate surface area is 548 Å². The largest absolute Gasteiger partial charge is 0.307 e. The molecular formula is C80H104O6S4. The Morgan fingerprint density at radius 1 is 0.178 bits per heavy atom. The SMILES string of the molecule is CC(C)(C)c1ccc(S(OS(=O)(=O)c2ccc(C(C)(C)C)cc2)(c2ccc(C(C)(C)C)cc2)c2ccc(C(C)(C)C)cc2)cc1.CC(C)(C)c1ccc(S(OS(=O)(=O)c2ccc(C(C)(C)C)cc2)(c2ccc(C(C)(C)C)cc2)c2ccc(C(C)(C)C)cc2)cc1. The van der Waals surface area contributed by atoms with Crippen LogP contribution in [0.2, 0.25) is 0 Å². The van der Waals surface area contributed by atoms with E-state index in [1.807, 2.05) is 24.3 Å². The van der Waals surface area contributed by atoms with Crippen molar-refractivity contribution in [1.82, 2.24) is 0 Å². The molecule has 8 aromatic carbocycles. The molecule has 0 heterocycles. The van der Waals surface area contributed by atoms with Crippen molar-refractivity contribution >= 4 is 40.9 Å². The Morgan fingerprint density at radius 2 is 0.278 bits per heavy atom. The van der Waals surface area contributed by atoms with Gasteiger partial charge in [0.25, 0.3) is 0 Å². The second-order valence-electron chi connectivity index (χ2n) is 32.4.